The topological polar surface area (TPSA) is 72.9 Å². The molecule has 0 amide bonds. The lowest BCUT2D eigenvalue weighted by Gasteiger charge is -2.18. The van der Waals surface area contributed by atoms with Crippen LogP contribution < -0.4 is 0 Å². The van der Waals surface area contributed by atoms with Gasteiger partial charge in [-0.2, -0.15) is 0 Å². The summed E-state index contributed by atoms with van der Waals surface area (Å²) in [6, 6.07) is 2.79. The first-order chi connectivity index (χ1) is 8.88. The maximum absolute atomic E-state index is 13.2. The van der Waals surface area contributed by atoms with Gasteiger partial charge in [0.05, 0.1) is 19.8 Å². The lowest BCUT2D eigenvalue weighted by atomic mass is 10.2. The van der Waals surface area contributed by atoms with Crippen molar-refractivity contribution in [2.75, 3.05) is 20.8 Å². The number of methoxy groups -OCH3 is 1. The number of carbonyl (C=O) groups is 1. The largest absolute Gasteiger partial charge is 0.465 e. The first-order valence-corrected chi connectivity index (χ1v) is 6.77. The smallest absolute Gasteiger partial charge is 0.339 e. The van der Waals surface area contributed by atoms with Crippen LogP contribution in [0.3, 0.4) is 0 Å². The molecule has 0 N–H and O–H groups in total. The van der Waals surface area contributed by atoms with Gasteiger partial charge in [0.2, 0.25) is 0 Å². The standard InChI is InChI=1S/C11H14FNO5S/c1-4-13(18-3)19(15,16)10-7-8(12)5-6-9(10)11(14)17-2/h5-7H,4H2,1-3H3. The molecule has 0 aliphatic rings. The Hall–Kier alpha value is -1.51. The zero-order chi connectivity index (χ0) is 14.6. The molecule has 0 bridgehead atoms. The van der Waals surface area contributed by atoms with Gasteiger partial charge in [-0.3, -0.25) is 4.84 Å². The minimum atomic E-state index is -4.14. The van der Waals surface area contributed by atoms with Crippen LogP contribution in [-0.2, 0) is 19.6 Å². The number of hydrogen-bond donors (Lipinski definition) is 0. The normalized spacial score (nSPS) is 11.6. The molecular formula is C11H14FNO5S. The van der Waals surface area contributed by atoms with E-state index in [4.69, 9.17) is 4.84 Å². The molecular weight excluding hydrogens is 277 g/mol. The maximum atomic E-state index is 13.2. The molecule has 0 aromatic heterocycles. The molecule has 0 radical (unpaired) electrons. The molecule has 0 heterocycles. The summed E-state index contributed by atoms with van der Waals surface area (Å²) in [5.41, 5.74) is -0.251. The van der Waals surface area contributed by atoms with Crippen molar-refractivity contribution in [3.63, 3.8) is 0 Å². The van der Waals surface area contributed by atoms with Crippen molar-refractivity contribution >= 4 is 16.0 Å². The Kier molecular flexibility index (Phi) is 4.98. The van der Waals surface area contributed by atoms with E-state index in [9.17, 15) is 17.6 Å². The lowest BCUT2D eigenvalue weighted by Crippen LogP contribution is -2.31. The highest BCUT2D eigenvalue weighted by molar-refractivity contribution is 7.89. The van der Waals surface area contributed by atoms with Gasteiger partial charge < -0.3 is 4.74 Å². The van der Waals surface area contributed by atoms with Gasteiger partial charge in [0, 0.05) is 6.54 Å². The average Bonchev–Trinajstić information content (AvgIpc) is 2.38. The van der Waals surface area contributed by atoms with E-state index in [1.54, 1.807) is 0 Å². The summed E-state index contributed by atoms with van der Waals surface area (Å²) in [6.07, 6.45) is 0. The maximum Gasteiger partial charge on any atom is 0.339 e. The Morgan fingerprint density at radius 2 is 2.00 bits per heavy atom. The van der Waals surface area contributed by atoms with Crippen molar-refractivity contribution in [1.82, 2.24) is 4.47 Å². The quantitative estimate of drug-likeness (QED) is 0.602. The van der Waals surface area contributed by atoms with E-state index in [-0.39, 0.29) is 12.1 Å². The van der Waals surface area contributed by atoms with E-state index in [0.29, 0.717) is 4.47 Å². The zero-order valence-electron chi connectivity index (χ0n) is 10.7. The van der Waals surface area contributed by atoms with Crippen LogP contribution in [0.5, 0.6) is 0 Å². The number of hydrogen-bond acceptors (Lipinski definition) is 5. The predicted octanol–water partition coefficient (Wildman–Crippen LogP) is 1.18. The molecule has 106 valence electrons. The molecule has 0 aliphatic heterocycles. The van der Waals surface area contributed by atoms with Gasteiger partial charge in [-0.1, -0.05) is 4.47 Å². The lowest BCUT2D eigenvalue weighted by molar-refractivity contribution is -0.0443. The summed E-state index contributed by atoms with van der Waals surface area (Å²) in [5, 5.41) is 0. The van der Waals surface area contributed by atoms with Crippen molar-refractivity contribution in [3.05, 3.63) is 29.6 Å². The predicted molar refractivity (Wildman–Crippen MR) is 64.3 cm³/mol. The van der Waals surface area contributed by atoms with Crippen molar-refractivity contribution in [1.29, 1.82) is 0 Å². The Morgan fingerprint density at radius 3 is 2.47 bits per heavy atom. The van der Waals surface area contributed by atoms with Gasteiger partial charge in [-0.05, 0) is 25.1 Å². The second-order valence-corrected chi connectivity index (χ2v) is 5.24. The van der Waals surface area contributed by atoms with Gasteiger partial charge in [0.15, 0.2) is 0 Å². The molecule has 6 nitrogen and oxygen atoms in total. The monoisotopic (exact) mass is 291 g/mol. The van der Waals surface area contributed by atoms with Gasteiger partial charge >= 0.3 is 5.97 Å². The number of nitrogens with zero attached hydrogens (tertiary/aromatic N) is 1. The molecule has 1 rings (SSSR count). The van der Waals surface area contributed by atoms with E-state index in [1.807, 2.05) is 0 Å². The van der Waals surface area contributed by atoms with Gasteiger partial charge in [-0.25, -0.2) is 17.6 Å². The number of sulfonamides is 1. The molecule has 1 aromatic carbocycles. The molecule has 0 spiro atoms. The molecule has 8 heteroatoms. The van der Waals surface area contributed by atoms with Crippen molar-refractivity contribution in [2.45, 2.75) is 11.8 Å². The van der Waals surface area contributed by atoms with Crippen LogP contribution in [0.25, 0.3) is 0 Å². The summed E-state index contributed by atoms with van der Waals surface area (Å²) in [4.78, 5) is 15.7. The van der Waals surface area contributed by atoms with E-state index >= 15 is 0 Å². The van der Waals surface area contributed by atoms with Crippen LogP contribution in [0, 0.1) is 5.82 Å². The SMILES string of the molecule is CCN(OC)S(=O)(=O)c1cc(F)ccc1C(=O)OC. The molecule has 0 unspecified atom stereocenters. The summed E-state index contributed by atoms with van der Waals surface area (Å²) in [7, 11) is -1.87. The number of benzene rings is 1. The van der Waals surface area contributed by atoms with Gasteiger partial charge in [-0.15, -0.1) is 0 Å². The molecule has 0 aliphatic carbocycles. The van der Waals surface area contributed by atoms with E-state index in [2.05, 4.69) is 4.74 Å². The number of halogens is 1. The minimum absolute atomic E-state index is 0.00988. The van der Waals surface area contributed by atoms with Crippen molar-refractivity contribution in [3.8, 4) is 0 Å². The summed E-state index contributed by atoms with van der Waals surface area (Å²) in [6.45, 7) is 1.55. The van der Waals surface area contributed by atoms with Crippen LogP contribution >= 0.6 is 0 Å². The summed E-state index contributed by atoms with van der Waals surface area (Å²) in [5.74, 6) is -1.65. The van der Waals surface area contributed by atoms with E-state index in [0.717, 1.165) is 32.4 Å². The van der Waals surface area contributed by atoms with Crippen LogP contribution in [0.15, 0.2) is 23.1 Å². The zero-order valence-corrected chi connectivity index (χ0v) is 11.5. The summed E-state index contributed by atoms with van der Waals surface area (Å²) < 4.78 is 42.8. The molecule has 1 aromatic rings. The highest BCUT2D eigenvalue weighted by atomic mass is 32.2. The number of carbonyl (C=O) groups excluding carboxylic acids is 1. The van der Waals surface area contributed by atoms with Crippen LogP contribution in [0.2, 0.25) is 0 Å². The Labute approximate surface area is 110 Å². The van der Waals surface area contributed by atoms with Crippen molar-refractivity contribution < 1.29 is 27.2 Å². The Morgan fingerprint density at radius 1 is 1.37 bits per heavy atom. The Bertz CT molecular complexity index is 568. The Balaban J connectivity index is 3.48. The first-order valence-electron chi connectivity index (χ1n) is 5.33. The number of esters is 1. The second kappa shape index (κ2) is 6.09. The molecule has 0 fully saturated rings. The fourth-order valence-electron chi connectivity index (χ4n) is 1.50. The molecule has 0 saturated heterocycles. The van der Waals surface area contributed by atoms with Gasteiger partial charge in [0.1, 0.15) is 10.7 Å². The number of ether oxygens (including phenoxy) is 1. The highest BCUT2D eigenvalue weighted by Gasteiger charge is 2.29. The first kappa shape index (κ1) is 15.5. The number of hydroxylamine groups is 1. The molecule has 0 saturated carbocycles. The third-order valence-electron chi connectivity index (χ3n) is 2.36. The van der Waals surface area contributed by atoms with Gasteiger partial charge in [0.25, 0.3) is 10.0 Å². The minimum Gasteiger partial charge on any atom is -0.465 e. The van der Waals surface area contributed by atoms with E-state index in [1.165, 1.54) is 6.92 Å². The number of rotatable bonds is 5. The second-order valence-electron chi connectivity index (χ2n) is 3.44. The fourth-order valence-corrected chi connectivity index (χ4v) is 2.94. The van der Waals surface area contributed by atoms with Crippen LogP contribution in [0.1, 0.15) is 17.3 Å². The van der Waals surface area contributed by atoms with E-state index < -0.39 is 26.7 Å². The average molecular weight is 291 g/mol. The molecule has 19 heavy (non-hydrogen) atoms. The van der Waals surface area contributed by atoms with Crippen LogP contribution in [-0.4, -0.2) is 39.6 Å². The molecule has 0 atom stereocenters. The third-order valence-corrected chi connectivity index (χ3v) is 4.19. The highest BCUT2D eigenvalue weighted by Crippen LogP contribution is 2.22. The van der Waals surface area contributed by atoms with Crippen molar-refractivity contribution in [2.24, 2.45) is 0 Å². The fraction of sp³-hybridized carbons (Fsp3) is 0.364. The summed E-state index contributed by atoms with van der Waals surface area (Å²) >= 11 is 0. The third kappa shape index (κ3) is 3.09. The van der Waals surface area contributed by atoms with Crippen LogP contribution in [0.4, 0.5) is 4.39 Å².